The number of carbonyl (C=O) groups is 1. The molecule has 1 aromatic heterocycles. The van der Waals surface area contributed by atoms with Gasteiger partial charge in [-0.3, -0.25) is 4.79 Å². The Kier molecular flexibility index (Phi) is 6.31. The maximum absolute atomic E-state index is 12.7. The Morgan fingerprint density at radius 3 is 2.55 bits per heavy atom. The van der Waals surface area contributed by atoms with Crippen LogP contribution in [0.25, 0.3) is 11.5 Å². The first-order valence-corrected chi connectivity index (χ1v) is 9.02. The van der Waals surface area contributed by atoms with Gasteiger partial charge in [0.15, 0.2) is 0 Å². The van der Waals surface area contributed by atoms with E-state index in [-0.39, 0.29) is 25.9 Å². The molecule has 152 valence electrons. The average Bonchev–Trinajstić information content (AvgIpc) is 3.16. The smallest absolute Gasteiger partial charge is 0.416 e. The van der Waals surface area contributed by atoms with E-state index in [4.69, 9.17) is 9.15 Å². The fraction of sp³-hybridized carbons (Fsp3) is 0.286. The lowest BCUT2D eigenvalue weighted by atomic mass is 10.1. The maximum Gasteiger partial charge on any atom is 0.416 e. The lowest BCUT2D eigenvalue weighted by molar-refractivity contribution is -0.143. The second kappa shape index (κ2) is 8.89. The number of rotatable bonds is 7. The van der Waals surface area contributed by atoms with E-state index in [9.17, 15) is 18.0 Å². The summed E-state index contributed by atoms with van der Waals surface area (Å²) in [7, 11) is 0. The SMILES string of the molecule is Cc1ccc(-c2nnc(CCC(=O)OCCc3cccc(C(F)(F)F)c3)o2)cc1. The van der Waals surface area contributed by atoms with Gasteiger partial charge < -0.3 is 9.15 Å². The highest BCUT2D eigenvalue weighted by Gasteiger charge is 2.30. The standard InChI is InChI=1S/C21H19F3N2O3/c1-14-5-7-16(8-6-14)20-26-25-18(29-20)9-10-19(27)28-12-11-15-3-2-4-17(13-15)21(22,23)24/h2-8,13H,9-12H2,1H3. The summed E-state index contributed by atoms with van der Waals surface area (Å²) < 4.78 is 48.7. The van der Waals surface area contributed by atoms with Crippen molar-refractivity contribution in [1.29, 1.82) is 0 Å². The molecule has 0 aliphatic carbocycles. The summed E-state index contributed by atoms with van der Waals surface area (Å²) in [5.41, 5.74) is 1.63. The molecule has 0 unspecified atom stereocenters. The molecule has 0 aliphatic rings. The van der Waals surface area contributed by atoms with Crippen LogP contribution in [0.1, 0.15) is 29.0 Å². The van der Waals surface area contributed by atoms with Crippen LogP contribution in [-0.2, 0) is 28.5 Å². The Morgan fingerprint density at radius 2 is 1.83 bits per heavy atom. The molecule has 3 aromatic rings. The zero-order valence-electron chi connectivity index (χ0n) is 15.7. The van der Waals surface area contributed by atoms with Crippen molar-refractivity contribution in [3.05, 3.63) is 71.1 Å². The molecule has 0 fully saturated rings. The highest BCUT2D eigenvalue weighted by atomic mass is 19.4. The van der Waals surface area contributed by atoms with Gasteiger partial charge >= 0.3 is 12.1 Å². The molecule has 0 bridgehead atoms. The first-order chi connectivity index (χ1) is 13.8. The van der Waals surface area contributed by atoms with Gasteiger partial charge in [-0.15, -0.1) is 10.2 Å². The molecule has 5 nitrogen and oxygen atoms in total. The number of halogens is 3. The number of nitrogens with zero attached hydrogens (tertiary/aromatic N) is 2. The monoisotopic (exact) mass is 404 g/mol. The molecule has 2 aromatic carbocycles. The zero-order chi connectivity index (χ0) is 20.9. The van der Waals surface area contributed by atoms with Gasteiger partial charge in [-0.25, -0.2) is 0 Å². The predicted octanol–water partition coefficient (Wildman–Crippen LogP) is 4.78. The molecule has 8 heteroatoms. The minimum absolute atomic E-state index is 0.00140. The molecule has 0 atom stereocenters. The summed E-state index contributed by atoms with van der Waals surface area (Å²) in [5.74, 6) is 0.209. The number of aryl methyl sites for hydroxylation is 2. The minimum Gasteiger partial charge on any atom is -0.465 e. The first kappa shape index (κ1) is 20.6. The van der Waals surface area contributed by atoms with Crippen molar-refractivity contribution in [1.82, 2.24) is 10.2 Å². The summed E-state index contributed by atoms with van der Waals surface area (Å²) in [6.07, 6.45) is -3.93. The summed E-state index contributed by atoms with van der Waals surface area (Å²) in [4.78, 5) is 11.9. The van der Waals surface area contributed by atoms with Crippen LogP contribution in [-0.4, -0.2) is 22.8 Å². The number of carbonyl (C=O) groups excluding carboxylic acids is 1. The summed E-state index contributed by atoms with van der Waals surface area (Å²) >= 11 is 0. The van der Waals surface area contributed by atoms with Crippen molar-refractivity contribution in [3.8, 4) is 11.5 Å². The molecular formula is C21H19F3N2O3. The van der Waals surface area contributed by atoms with Crippen molar-refractivity contribution < 1.29 is 27.1 Å². The Hall–Kier alpha value is -3.16. The second-order valence-electron chi connectivity index (χ2n) is 6.54. The number of hydrogen-bond donors (Lipinski definition) is 0. The van der Waals surface area contributed by atoms with E-state index in [0.717, 1.165) is 23.3 Å². The molecule has 0 saturated heterocycles. The number of aromatic nitrogens is 2. The van der Waals surface area contributed by atoms with Gasteiger partial charge in [0.1, 0.15) is 0 Å². The molecule has 3 rings (SSSR count). The zero-order valence-corrected chi connectivity index (χ0v) is 15.7. The molecule has 29 heavy (non-hydrogen) atoms. The molecule has 0 spiro atoms. The maximum atomic E-state index is 12.7. The second-order valence-corrected chi connectivity index (χ2v) is 6.54. The van der Waals surface area contributed by atoms with Crippen LogP contribution < -0.4 is 0 Å². The van der Waals surface area contributed by atoms with Crippen LogP contribution in [0, 0.1) is 6.92 Å². The van der Waals surface area contributed by atoms with Crippen LogP contribution >= 0.6 is 0 Å². The molecule has 0 aliphatic heterocycles. The Bertz CT molecular complexity index is 966. The van der Waals surface area contributed by atoms with E-state index in [1.165, 1.54) is 6.07 Å². The largest absolute Gasteiger partial charge is 0.465 e. The number of hydrogen-bond acceptors (Lipinski definition) is 5. The van der Waals surface area contributed by atoms with Gasteiger partial charge in [0.05, 0.1) is 18.6 Å². The van der Waals surface area contributed by atoms with E-state index in [1.54, 1.807) is 6.07 Å². The predicted molar refractivity (Wildman–Crippen MR) is 98.9 cm³/mol. The Morgan fingerprint density at radius 1 is 1.07 bits per heavy atom. The van der Waals surface area contributed by atoms with Crippen molar-refractivity contribution in [2.24, 2.45) is 0 Å². The highest BCUT2D eigenvalue weighted by Crippen LogP contribution is 2.29. The number of alkyl halides is 3. The number of esters is 1. The van der Waals surface area contributed by atoms with Crippen LogP contribution in [0.15, 0.2) is 52.9 Å². The van der Waals surface area contributed by atoms with Crippen molar-refractivity contribution in [2.45, 2.75) is 32.4 Å². The topological polar surface area (TPSA) is 65.2 Å². The van der Waals surface area contributed by atoms with E-state index < -0.39 is 17.7 Å². The van der Waals surface area contributed by atoms with Gasteiger partial charge in [0, 0.05) is 18.4 Å². The fourth-order valence-electron chi connectivity index (χ4n) is 2.63. The Labute approximate surface area is 165 Å². The van der Waals surface area contributed by atoms with Crippen LogP contribution in [0.5, 0.6) is 0 Å². The Balaban J connectivity index is 1.44. The molecule has 0 amide bonds. The van der Waals surface area contributed by atoms with Gasteiger partial charge in [-0.05, 0) is 30.7 Å². The van der Waals surface area contributed by atoms with Gasteiger partial charge in [0.25, 0.3) is 0 Å². The third-order valence-electron chi connectivity index (χ3n) is 4.22. The molecule has 1 heterocycles. The average molecular weight is 404 g/mol. The summed E-state index contributed by atoms with van der Waals surface area (Å²) in [6.45, 7) is 1.97. The molecule has 0 radical (unpaired) electrons. The van der Waals surface area contributed by atoms with E-state index >= 15 is 0 Å². The van der Waals surface area contributed by atoms with Crippen molar-refractivity contribution in [2.75, 3.05) is 6.61 Å². The molecule has 0 saturated carbocycles. The van der Waals surface area contributed by atoms with Crippen LogP contribution in [0.3, 0.4) is 0 Å². The van der Waals surface area contributed by atoms with Crippen molar-refractivity contribution >= 4 is 5.97 Å². The van der Waals surface area contributed by atoms with Crippen molar-refractivity contribution in [3.63, 3.8) is 0 Å². The molecule has 0 N–H and O–H groups in total. The number of benzene rings is 2. The quantitative estimate of drug-likeness (QED) is 0.530. The first-order valence-electron chi connectivity index (χ1n) is 9.02. The summed E-state index contributed by atoms with van der Waals surface area (Å²) in [6, 6.07) is 12.6. The third kappa shape index (κ3) is 5.91. The van der Waals surface area contributed by atoms with Crippen LogP contribution in [0.4, 0.5) is 13.2 Å². The third-order valence-corrected chi connectivity index (χ3v) is 4.22. The van der Waals surface area contributed by atoms with Gasteiger partial charge in [-0.2, -0.15) is 13.2 Å². The van der Waals surface area contributed by atoms with E-state index in [1.807, 2.05) is 31.2 Å². The highest BCUT2D eigenvalue weighted by molar-refractivity contribution is 5.69. The summed E-state index contributed by atoms with van der Waals surface area (Å²) in [5, 5.41) is 7.88. The van der Waals surface area contributed by atoms with Gasteiger partial charge in [-0.1, -0.05) is 35.9 Å². The van der Waals surface area contributed by atoms with E-state index in [0.29, 0.717) is 17.3 Å². The van der Waals surface area contributed by atoms with E-state index in [2.05, 4.69) is 10.2 Å². The van der Waals surface area contributed by atoms with Gasteiger partial charge in [0.2, 0.25) is 11.8 Å². The van der Waals surface area contributed by atoms with Crippen LogP contribution in [0.2, 0.25) is 0 Å². The minimum atomic E-state index is -4.39. The normalized spacial score (nSPS) is 11.4. The fourth-order valence-corrected chi connectivity index (χ4v) is 2.63. The lowest BCUT2D eigenvalue weighted by Gasteiger charge is -2.09. The lowest BCUT2D eigenvalue weighted by Crippen LogP contribution is -2.10. The molecular weight excluding hydrogens is 385 g/mol. The number of ether oxygens (including phenoxy) is 1.